The Bertz CT molecular complexity index is 456. The topological polar surface area (TPSA) is 55.2 Å². The van der Waals surface area contributed by atoms with Crippen LogP contribution in [0.1, 0.15) is 19.8 Å². The Morgan fingerprint density at radius 2 is 2.33 bits per heavy atom. The summed E-state index contributed by atoms with van der Waals surface area (Å²) in [5.74, 6) is 0.533. The summed E-state index contributed by atoms with van der Waals surface area (Å²) in [5.41, 5.74) is -0.181. The van der Waals surface area contributed by atoms with E-state index in [1.54, 1.807) is 0 Å². The number of para-hydroxylation sites is 1. The average molecular weight is 270 g/mol. The van der Waals surface area contributed by atoms with Crippen molar-refractivity contribution in [3.63, 3.8) is 0 Å². The largest absolute Gasteiger partial charge is 0.373 e. The van der Waals surface area contributed by atoms with Crippen LogP contribution in [0.4, 0.5) is 15.8 Å². The zero-order chi connectivity index (χ0) is 13.1. The predicted molar refractivity (Wildman–Crippen MR) is 71.6 cm³/mol. The molecule has 1 aromatic carbocycles. The highest BCUT2D eigenvalue weighted by Crippen LogP contribution is 2.32. The van der Waals surface area contributed by atoms with Crippen molar-refractivity contribution in [3.05, 3.63) is 34.1 Å². The van der Waals surface area contributed by atoms with Gasteiger partial charge in [-0.25, -0.2) is 4.39 Å². The number of nitrogens with one attached hydrogen (secondary N) is 1. The minimum Gasteiger partial charge on any atom is -0.373 e. The first-order valence-corrected chi connectivity index (χ1v) is 6.95. The van der Waals surface area contributed by atoms with Gasteiger partial charge in [0.2, 0.25) is 0 Å². The van der Waals surface area contributed by atoms with Crippen molar-refractivity contribution in [3.8, 4) is 0 Å². The smallest absolute Gasteiger partial charge is 0.295 e. The van der Waals surface area contributed by atoms with E-state index in [1.165, 1.54) is 18.2 Å². The van der Waals surface area contributed by atoms with Crippen molar-refractivity contribution in [2.24, 2.45) is 0 Å². The van der Waals surface area contributed by atoms with E-state index in [-0.39, 0.29) is 17.4 Å². The first-order valence-electron chi connectivity index (χ1n) is 5.90. The van der Waals surface area contributed by atoms with E-state index in [0.717, 1.165) is 18.6 Å². The summed E-state index contributed by atoms with van der Waals surface area (Å²) >= 11 is 1.81. The van der Waals surface area contributed by atoms with Gasteiger partial charge in [-0.05, 0) is 24.7 Å². The lowest BCUT2D eigenvalue weighted by Gasteiger charge is -2.29. The molecule has 2 rings (SSSR count). The Labute approximate surface area is 109 Å². The zero-order valence-electron chi connectivity index (χ0n) is 10.1. The molecular formula is C12H15FN2O2S. The second-order valence-corrected chi connectivity index (χ2v) is 5.85. The van der Waals surface area contributed by atoms with Crippen LogP contribution in [-0.2, 0) is 0 Å². The highest BCUT2D eigenvalue weighted by molar-refractivity contribution is 8.00. The number of hydrogen-bond acceptors (Lipinski definition) is 4. The minimum absolute atomic E-state index is 0.0156. The SMILES string of the molecule is CC1SCCCC1Nc1c(F)cccc1[N+](=O)[O-]. The monoisotopic (exact) mass is 270 g/mol. The Kier molecular flexibility index (Phi) is 4.06. The fourth-order valence-corrected chi connectivity index (χ4v) is 3.25. The molecule has 1 saturated heterocycles. The van der Waals surface area contributed by atoms with E-state index >= 15 is 0 Å². The number of hydrogen-bond donors (Lipinski definition) is 1. The summed E-state index contributed by atoms with van der Waals surface area (Å²) in [7, 11) is 0. The molecule has 0 aromatic heterocycles. The molecule has 6 heteroatoms. The van der Waals surface area contributed by atoms with Crippen LogP contribution < -0.4 is 5.32 Å². The quantitative estimate of drug-likeness (QED) is 0.675. The maximum absolute atomic E-state index is 13.7. The Morgan fingerprint density at radius 1 is 1.56 bits per heavy atom. The first kappa shape index (κ1) is 13.1. The third-order valence-electron chi connectivity index (χ3n) is 3.12. The van der Waals surface area contributed by atoms with Gasteiger partial charge in [-0.3, -0.25) is 10.1 Å². The number of nitro benzene ring substituents is 1. The summed E-state index contributed by atoms with van der Waals surface area (Å²) in [6, 6.07) is 4.01. The van der Waals surface area contributed by atoms with Crippen molar-refractivity contribution in [1.29, 1.82) is 0 Å². The molecule has 0 amide bonds. The zero-order valence-corrected chi connectivity index (χ0v) is 10.9. The Hall–Kier alpha value is -1.30. The lowest BCUT2D eigenvalue weighted by atomic mass is 10.1. The maximum Gasteiger partial charge on any atom is 0.295 e. The Balaban J connectivity index is 2.24. The van der Waals surface area contributed by atoms with Gasteiger partial charge in [0.1, 0.15) is 5.69 Å². The van der Waals surface area contributed by atoms with E-state index in [0.29, 0.717) is 5.25 Å². The first-order chi connectivity index (χ1) is 8.59. The van der Waals surface area contributed by atoms with Crippen molar-refractivity contribution in [1.82, 2.24) is 0 Å². The molecule has 0 saturated carbocycles. The molecule has 4 nitrogen and oxygen atoms in total. The van der Waals surface area contributed by atoms with E-state index < -0.39 is 10.7 Å². The molecule has 0 radical (unpaired) electrons. The normalized spacial score (nSPS) is 23.7. The number of halogens is 1. The summed E-state index contributed by atoms with van der Waals surface area (Å²) in [6.07, 6.45) is 1.97. The van der Waals surface area contributed by atoms with Gasteiger partial charge in [-0.1, -0.05) is 13.0 Å². The summed E-state index contributed by atoms with van der Waals surface area (Å²) in [6.45, 7) is 2.06. The summed E-state index contributed by atoms with van der Waals surface area (Å²) < 4.78 is 13.7. The molecule has 1 aromatic rings. The third-order valence-corrected chi connectivity index (χ3v) is 4.50. The van der Waals surface area contributed by atoms with Crippen molar-refractivity contribution >= 4 is 23.1 Å². The van der Waals surface area contributed by atoms with Crippen LogP contribution in [0.15, 0.2) is 18.2 Å². The standard InChI is InChI=1S/C12H15FN2O2S/c1-8-10(5-3-7-18-8)14-12-9(13)4-2-6-11(12)15(16)17/h2,4,6,8,10,14H,3,5,7H2,1H3. The molecule has 1 aliphatic heterocycles. The van der Waals surface area contributed by atoms with Crippen LogP contribution in [0.2, 0.25) is 0 Å². The summed E-state index contributed by atoms with van der Waals surface area (Å²) in [4.78, 5) is 10.3. The second kappa shape index (κ2) is 5.56. The van der Waals surface area contributed by atoms with Crippen molar-refractivity contribution < 1.29 is 9.31 Å². The van der Waals surface area contributed by atoms with Gasteiger partial charge in [0, 0.05) is 17.4 Å². The highest BCUT2D eigenvalue weighted by atomic mass is 32.2. The number of nitrogens with zero attached hydrogens (tertiary/aromatic N) is 1. The average Bonchev–Trinajstić information content (AvgIpc) is 2.34. The van der Waals surface area contributed by atoms with Gasteiger partial charge in [-0.15, -0.1) is 0 Å². The fraction of sp³-hybridized carbons (Fsp3) is 0.500. The minimum atomic E-state index is -0.563. The number of rotatable bonds is 3. The van der Waals surface area contributed by atoms with E-state index in [1.807, 2.05) is 11.8 Å². The molecule has 1 fully saturated rings. The second-order valence-electron chi connectivity index (χ2n) is 4.36. The Morgan fingerprint density at radius 3 is 3.00 bits per heavy atom. The number of nitro groups is 1. The molecule has 0 spiro atoms. The lowest BCUT2D eigenvalue weighted by Crippen LogP contribution is -2.33. The molecular weight excluding hydrogens is 255 g/mol. The fourth-order valence-electron chi connectivity index (χ4n) is 2.11. The molecule has 1 heterocycles. The van der Waals surface area contributed by atoms with Crippen molar-refractivity contribution in [2.75, 3.05) is 11.1 Å². The third kappa shape index (κ3) is 2.75. The molecule has 98 valence electrons. The van der Waals surface area contributed by atoms with E-state index in [4.69, 9.17) is 0 Å². The molecule has 2 atom stereocenters. The van der Waals surface area contributed by atoms with Gasteiger partial charge < -0.3 is 5.32 Å². The maximum atomic E-state index is 13.7. The van der Waals surface area contributed by atoms with Gasteiger partial charge in [0.15, 0.2) is 5.82 Å². The van der Waals surface area contributed by atoms with Gasteiger partial charge >= 0.3 is 0 Å². The lowest BCUT2D eigenvalue weighted by molar-refractivity contribution is -0.384. The van der Waals surface area contributed by atoms with E-state index in [9.17, 15) is 14.5 Å². The highest BCUT2D eigenvalue weighted by Gasteiger charge is 2.26. The van der Waals surface area contributed by atoms with Crippen molar-refractivity contribution in [2.45, 2.75) is 31.1 Å². The van der Waals surface area contributed by atoms with Crippen LogP contribution in [-0.4, -0.2) is 22.0 Å². The molecule has 18 heavy (non-hydrogen) atoms. The van der Waals surface area contributed by atoms with Crippen LogP contribution >= 0.6 is 11.8 Å². The number of benzene rings is 1. The van der Waals surface area contributed by atoms with Crippen LogP contribution in [0.25, 0.3) is 0 Å². The molecule has 0 bridgehead atoms. The summed E-state index contributed by atoms with van der Waals surface area (Å²) in [5, 5.41) is 14.2. The van der Waals surface area contributed by atoms with Gasteiger partial charge in [0.25, 0.3) is 5.69 Å². The van der Waals surface area contributed by atoms with E-state index in [2.05, 4.69) is 12.2 Å². The van der Waals surface area contributed by atoms with Crippen LogP contribution in [0.5, 0.6) is 0 Å². The predicted octanol–water partition coefficient (Wildman–Crippen LogP) is 3.43. The number of thioether (sulfide) groups is 1. The number of anilines is 1. The van der Waals surface area contributed by atoms with Crippen LogP contribution in [0, 0.1) is 15.9 Å². The molecule has 1 aliphatic rings. The van der Waals surface area contributed by atoms with Gasteiger partial charge in [0.05, 0.1) is 4.92 Å². The van der Waals surface area contributed by atoms with Gasteiger partial charge in [-0.2, -0.15) is 11.8 Å². The van der Waals surface area contributed by atoms with Crippen LogP contribution in [0.3, 0.4) is 0 Å². The molecule has 1 N–H and O–H groups in total. The molecule has 0 aliphatic carbocycles. The molecule has 2 unspecified atom stereocenters.